The van der Waals surface area contributed by atoms with Crippen LogP contribution in [0.5, 0.6) is 5.75 Å². The number of benzene rings is 3. The Bertz CT molecular complexity index is 931. The van der Waals surface area contributed by atoms with E-state index in [0.29, 0.717) is 23.3 Å². The Morgan fingerprint density at radius 1 is 0.846 bits per heavy atom. The molecule has 2 nitrogen and oxygen atoms in total. The molecule has 0 saturated carbocycles. The normalized spacial score (nSPS) is 11.6. The van der Waals surface area contributed by atoms with Crippen LogP contribution in [0.4, 0.5) is 13.2 Å². The van der Waals surface area contributed by atoms with Crippen LogP contribution in [-0.4, -0.2) is 0 Å². The van der Waals surface area contributed by atoms with Gasteiger partial charge in [-0.2, -0.15) is 5.26 Å². The molecule has 0 heterocycles. The largest absolute Gasteiger partial charge is 0.485 e. The molecule has 3 aromatic carbocycles. The van der Waals surface area contributed by atoms with Crippen molar-refractivity contribution >= 4 is 0 Å². The van der Waals surface area contributed by atoms with Crippen LogP contribution in [0, 0.1) is 28.8 Å². The van der Waals surface area contributed by atoms with E-state index < -0.39 is 17.7 Å². The molecule has 0 amide bonds. The van der Waals surface area contributed by atoms with Gasteiger partial charge in [-0.3, -0.25) is 0 Å². The Balaban J connectivity index is 1.90. The number of halogens is 3. The van der Waals surface area contributed by atoms with Crippen LogP contribution >= 0.6 is 0 Å². The molecule has 0 aliphatic heterocycles. The van der Waals surface area contributed by atoms with Crippen molar-refractivity contribution in [3.05, 3.63) is 101 Å². The molecule has 1 unspecified atom stereocenters. The zero-order valence-corrected chi connectivity index (χ0v) is 13.6. The highest BCUT2D eigenvalue weighted by Crippen LogP contribution is 2.27. The number of nitrogens with zero attached hydrogens (tertiary/aromatic N) is 1. The molecule has 130 valence electrons. The third-order valence-electron chi connectivity index (χ3n) is 3.91. The maximum absolute atomic E-state index is 13.7. The van der Waals surface area contributed by atoms with E-state index in [4.69, 9.17) is 10.00 Å². The highest BCUT2D eigenvalue weighted by molar-refractivity contribution is 5.35. The van der Waals surface area contributed by atoms with Gasteiger partial charge in [0, 0.05) is 6.42 Å². The number of hydrogen-bond acceptors (Lipinski definition) is 2. The lowest BCUT2D eigenvalue weighted by molar-refractivity contribution is 0.205. The molecule has 0 N–H and O–H groups in total. The quantitative estimate of drug-likeness (QED) is 0.620. The first-order chi connectivity index (χ1) is 12.5. The van der Waals surface area contributed by atoms with E-state index in [2.05, 4.69) is 0 Å². The fraction of sp³-hybridized carbons (Fsp3) is 0.0952. The fourth-order valence-electron chi connectivity index (χ4n) is 2.55. The van der Waals surface area contributed by atoms with Crippen LogP contribution in [0.1, 0.15) is 22.8 Å². The van der Waals surface area contributed by atoms with Gasteiger partial charge in [0.25, 0.3) is 0 Å². The van der Waals surface area contributed by atoms with Gasteiger partial charge in [-0.15, -0.1) is 0 Å². The minimum Gasteiger partial charge on any atom is -0.485 e. The van der Waals surface area contributed by atoms with Crippen molar-refractivity contribution in [2.75, 3.05) is 0 Å². The lowest BCUT2D eigenvalue weighted by Gasteiger charge is -2.20. The van der Waals surface area contributed by atoms with Crippen LogP contribution in [0.3, 0.4) is 0 Å². The Hall–Kier alpha value is -3.26. The first kappa shape index (κ1) is 17.6. The molecule has 3 rings (SSSR count). The number of ether oxygens (including phenoxy) is 1. The second-order valence-corrected chi connectivity index (χ2v) is 5.75. The summed E-state index contributed by atoms with van der Waals surface area (Å²) in [7, 11) is 0. The Labute approximate surface area is 149 Å². The molecule has 0 spiro atoms. The first-order valence-electron chi connectivity index (χ1n) is 7.91. The summed E-state index contributed by atoms with van der Waals surface area (Å²) in [6.45, 7) is 0. The van der Waals surface area contributed by atoms with Gasteiger partial charge in [-0.05, 0) is 59.7 Å². The summed E-state index contributed by atoms with van der Waals surface area (Å²) in [6, 6.07) is 18.0. The number of hydrogen-bond donors (Lipinski definition) is 0. The van der Waals surface area contributed by atoms with Crippen molar-refractivity contribution in [3.8, 4) is 11.8 Å². The summed E-state index contributed by atoms with van der Waals surface area (Å²) in [4.78, 5) is 0. The maximum Gasteiger partial charge on any atom is 0.159 e. The number of rotatable bonds is 5. The van der Waals surface area contributed by atoms with E-state index in [-0.39, 0.29) is 5.82 Å². The van der Waals surface area contributed by atoms with Gasteiger partial charge in [0.15, 0.2) is 11.6 Å². The van der Waals surface area contributed by atoms with Gasteiger partial charge in [-0.1, -0.05) is 18.2 Å². The molecule has 0 fully saturated rings. The molecular weight excluding hydrogens is 339 g/mol. The van der Waals surface area contributed by atoms with Gasteiger partial charge in [-0.25, -0.2) is 13.2 Å². The fourth-order valence-corrected chi connectivity index (χ4v) is 2.55. The lowest BCUT2D eigenvalue weighted by atomic mass is 10.0. The van der Waals surface area contributed by atoms with E-state index in [0.717, 1.165) is 17.7 Å². The first-order valence-corrected chi connectivity index (χ1v) is 7.91. The zero-order chi connectivity index (χ0) is 18.5. The van der Waals surface area contributed by atoms with Crippen molar-refractivity contribution < 1.29 is 17.9 Å². The highest BCUT2D eigenvalue weighted by Gasteiger charge is 2.17. The Morgan fingerprint density at radius 3 is 2.15 bits per heavy atom. The molecule has 0 bridgehead atoms. The Kier molecular flexibility index (Phi) is 5.23. The van der Waals surface area contributed by atoms with Crippen LogP contribution in [0.25, 0.3) is 0 Å². The smallest absolute Gasteiger partial charge is 0.159 e. The van der Waals surface area contributed by atoms with Crippen LogP contribution < -0.4 is 4.74 Å². The molecule has 0 saturated heterocycles. The average molecular weight is 353 g/mol. The summed E-state index contributed by atoms with van der Waals surface area (Å²) in [5.74, 6) is -1.77. The second-order valence-electron chi connectivity index (χ2n) is 5.75. The predicted octanol–water partition coefficient (Wildman–Crippen LogP) is 5.34. The van der Waals surface area contributed by atoms with Crippen molar-refractivity contribution in [3.63, 3.8) is 0 Å². The van der Waals surface area contributed by atoms with Gasteiger partial charge in [0.1, 0.15) is 17.7 Å². The van der Waals surface area contributed by atoms with Crippen molar-refractivity contribution in [2.45, 2.75) is 12.5 Å². The molecule has 1 atom stereocenters. The average Bonchev–Trinajstić information content (AvgIpc) is 2.66. The van der Waals surface area contributed by atoms with Gasteiger partial charge >= 0.3 is 0 Å². The van der Waals surface area contributed by atoms with Crippen molar-refractivity contribution in [1.82, 2.24) is 0 Å². The number of nitriles is 1. The van der Waals surface area contributed by atoms with Gasteiger partial charge in [0.05, 0.1) is 11.6 Å². The van der Waals surface area contributed by atoms with Gasteiger partial charge < -0.3 is 4.74 Å². The van der Waals surface area contributed by atoms with E-state index in [1.165, 1.54) is 18.2 Å². The van der Waals surface area contributed by atoms with E-state index in [1.807, 2.05) is 6.07 Å². The minimum absolute atomic E-state index is 0.339. The molecular formula is C21H14F3NO. The second kappa shape index (κ2) is 7.75. The van der Waals surface area contributed by atoms with E-state index in [9.17, 15) is 13.2 Å². The molecule has 0 aliphatic carbocycles. The third-order valence-corrected chi connectivity index (χ3v) is 3.91. The molecule has 0 aliphatic rings. The van der Waals surface area contributed by atoms with Gasteiger partial charge in [0.2, 0.25) is 0 Å². The summed E-state index contributed by atoms with van der Waals surface area (Å²) in [5.41, 5.74) is 1.73. The molecule has 26 heavy (non-hydrogen) atoms. The molecule has 5 heteroatoms. The lowest BCUT2D eigenvalue weighted by Crippen LogP contribution is -2.12. The van der Waals surface area contributed by atoms with Crippen molar-refractivity contribution in [2.24, 2.45) is 0 Å². The van der Waals surface area contributed by atoms with Crippen molar-refractivity contribution in [1.29, 1.82) is 5.26 Å². The standard InChI is InChI=1S/C21H14F3NO/c22-17-6-1-14(2-7-17)11-21(16-5-10-19(23)20(24)12-16)26-18-8-3-15(13-25)4-9-18/h1-10,12,21H,11H2. The molecule has 0 aromatic heterocycles. The summed E-state index contributed by atoms with van der Waals surface area (Å²) in [6.07, 6.45) is -0.269. The summed E-state index contributed by atoms with van der Waals surface area (Å²) < 4.78 is 46.0. The molecule has 0 radical (unpaired) electrons. The monoisotopic (exact) mass is 353 g/mol. The predicted molar refractivity (Wildman–Crippen MR) is 91.0 cm³/mol. The summed E-state index contributed by atoms with van der Waals surface area (Å²) in [5, 5.41) is 8.86. The van der Waals surface area contributed by atoms with Crippen LogP contribution in [-0.2, 0) is 6.42 Å². The summed E-state index contributed by atoms with van der Waals surface area (Å²) >= 11 is 0. The SMILES string of the molecule is N#Cc1ccc(OC(Cc2ccc(F)cc2)c2ccc(F)c(F)c2)cc1. The highest BCUT2D eigenvalue weighted by atomic mass is 19.2. The third kappa shape index (κ3) is 4.22. The Morgan fingerprint density at radius 2 is 1.54 bits per heavy atom. The maximum atomic E-state index is 13.7. The topological polar surface area (TPSA) is 33.0 Å². The van der Waals surface area contributed by atoms with E-state index in [1.54, 1.807) is 36.4 Å². The zero-order valence-electron chi connectivity index (χ0n) is 13.6. The van der Waals surface area contributed by atoms with Crippen LogP contribution in [0.15, 0.2) is 66.7 Å². The molecule has 3 aromatic rings. The minimum atomic E-state index is -0.963. The van der Waals surface area contributed by atoms with Crippen LogP contribution in [0.2, 0.25) is 0 Å². The van der Waals surface area contributed by atoms with E-state index >= 15 is 0 Å².